The van der Waals surface area contributed by atoms with Gasteiger partial charge in [-0.15, -0.1) is 0 Å². The highest BCUT2D eigenvalue weighted by Gasteiger charge is 2.28. The first kappa shape index (κ1) is 15.9. The Balaban J connectivity index is 2.30. The first-order chi connectivity index (χ1) is 8.49. The summed E-state index contributed by atoms with van der Waals surface area (Å²) in [6.07, 6.45) is 2.75. The number of ether oxygens (including phenoxy) is 1. The van der Waals surface area contributed by atoms with Gasteiger partial charge in [-0.25, -0.2) is 0 Å². The number of hydrogen-bond donors (Lipinski definition) is 1. The number of nitrogens with zero attached hydrogens (tertiary/aromatic N) is 2. The van der Waals surface area contributed by atoms with Gasteiger partial charge in [0.15, 0.2) is 0 Å². The van der Waals surface area contributed by atoms with Crippen LogP contribution < -0.4 is 5.32 Å². The van der Waals surface area contributed by atoms with Crippen molar-refractivity contribution in [1.82, 2.24) is 15.1 Å². The van der Waals surface area contributed by atoms with E-state index in [1.165, 1.54) is 32.5 Å². The van der Waals surface area contributed by atoms with Gasteiger partial charge in [-0.3, -0.25) is 0 Å². The fourth-order valence-electron chi connectivity index (χ4n) is 2.52. The Morgan fingerprint density at radius 1 is 1.33 bits per heavy atom. The van der Waals surface area contributed by atoms with Crippen LogP contribution in [0.25, 0.3) is 0 Å². The quantitative estimate of drug-likeness (QED) is 0.703. The predicted molar refractivity (Wildman–Crippen MR) is 77.1 cm³/mol. The van der Waals surface area contributed by atoms with Gasteiger partial charge in [0.25, 0.3) is 0 Å². The van der Waals surface area contributed by atoms with Crippen LogP contribution in [-0.2, 0) is 4.74 Å². The number of hydrogen-bond acceptors (Lipinski definition) is 4. The zero-order valence-corrected chi connectivity index (χ0v) is 12.8. The molecule has 0 aromatic carbocycles. The molecule has 4 heteroatoms. The van der Waals surface area contributed by atoms with E-state index < -0.39 is 0 Å². The molecule has 0 spiro atoms. The molecule has 1 atom stereocenters. The van der Waals surface area contributed by atoms with Crippen LogP contribution in [0.4, 0.5) is 0 Å². The third-order valence-electron chi connectivity index (χ3n) is 4.20. The van der Waals surface area contributed by atoms with Crippen molar-refractivity contribution in [2.24, 2.45) is 0 Å². The summed E-state index contributed by atoms with van der Waals surface area (Å²) in [5.41, 5.74) is -0.128. The highest BCUT2D eigenvalue weighted by atomic mass is 16.5. The average Bonchev–Trinajstić information content (AvgIpc) is 2.86. The number of likely N-dealkylation sites (tertiary alicyclic amines) is 1. The highest BCUT2D eigenvalue weighted by molar-refractivity contribution is 4.86. The van der Waals surface area contributed by atoms with Gasteiger partial charge in [-0.2, -0.15) is 0 Å². The Morgan fingerprint density at radius 3 is 2.44 bits per heavy atom. The second kappa shape index (κ2) is 7.43. The summed E-state index contributed by atoms with van der Waals surface area (Å²) >= 11 is 0. The Morgan fingerprint density at radius 2 is 1.94 bits per heavy atom. The fourth-order valence-corrected chi connectivity index (χ4v) is 2.52. The smallest absolute Gasteiger partial charge is 0.0787 e. The van der Waals surface area contributed by atoms with Gasteiger partial charge in [-0.05, 0) is 53.9 Å². The van der Waals surface area contributed by atoms with Gasteiger partial charge in [0.2, 0.25) is 0 Å². The molecule has 0 amide bonds. The van der Waals surface area contributed by atoms with Crippen molar-refractivity contribution in [3.63, 3.8) is 0 Å². The molecule has 18 heavy (non-hydrogen) atoms. The summed E-state index contributed by atoms with van der Waals surface area (Å²) in [4.78, 5) is 4.96. The van der Waals surface area contributed by atoms with E-state index in [0.717, 1.165) is 13.1 Å². The third-order valence-corrected chi connectivity index (χ3v) is 4.20. The maximum Gasteiger partial charge on any atom is 0.0787 e. The van der Waals surface area contributed by atoms with Crippen molar-refractivity contribution >= 4 is 0 Å². The zero-order valence-electron chi connectivity index (χ0n) is 12.8. The lowest BCUT2D eigenvalue weighted by molar-refractivity contribution is -0.0162. The van der Waals surface area contributed by atoms with Crippen LogP contribution in [0.1, 0.15) is 26.7 Å². The molecule has 0 saturated carbocycles. The summed E-state index contributed by atoms with van der Waals surface area (Å²) in [6.45, 7) is 10.2. The van der Waals surface area contributed by atoms with Gasteiger partial charge >= 0.3 is 0 Å². The molecule has 0 aliphatic carbocycles. The van der Waals surface area contributed by atoms with Gasteiger partial charge in [0, 0.05) is 32.8 Å². The van der Waals surface area contributed by atoms with E-state index in [1.807, 2.05) is 7.05 Å². The predicted octanol–water partition coefficient (Wildman–Crippen LogP) is 1.03. The fraction of sp³-hybridized carbons (Fsp3) is 1.00. The normalized spacial score (nSPS) is 19.7. The molecule has 1 saturated heterocycles. The van der Waals surface area contributed by atoms with Crippen molar-refractivity contribution in [3.8, 4) is 0 Å². The second-order valence-electron chi connectivity index (χ2n) is 5.96. The summed E-state index contributed by atoms with van der Waals surface area (Å²) < 4.78 is 5.57. The lowest BCUT2D eigenvalue weighted by atomic mass is 9.98. The molecule has 4 nitrogen and oxygen atoms in total. The van der Waals surface area contributed by atoms with Crippen LogP contribution >= 0.6 is 0 Å². The van der Waals surface area contributed by atoms with Crippen LogP contribution in [-0.4, -0.2) is 75.4 Å². The highest BCUT2D eigenvalue weighted by Crippen LogP contribution is 2.14. The molecule has 0 bridgehead atoms. The molecule has 1 rings (SSSR count). The molecule has 1 fully saturated rings. The molecule has 1 heterocycles. The minimum absolute atomic E-state index is 0.128. The van der Waals surface area contributed by atoms with Crippen LogP contribution in [0.2, 0.25) is 0 Å². The Labute approximate surface area is 113 Å². The first-order valence-electron chi connectivity index (χ1n) is 7.13. The molecule has 108 valence electrons. The summed E-state index contributed by atoms with van der Waals surface area (Å²) in [5.74, 6) is 0. The minimum atomic E-state index is -0.128. The number of methoxy groups -OCH3 is 1. The molecular formula is C14H31N3O. The minimum Gasteiger partial charge on any atom is -0.377 e. The number of nitrogens with one attached hydrogen (secondary N) is 1. The maximum atomic E-state index is 5.57. The molecule has 1 N–H and O–H groups in total. The van der Waals surface area contributed by atoms with Crippen molar-refractivity contribution in [2.45, 2.75) is 38.3 Å². The van der Waals surface area contributed by atoms with Crippen molar-refractivity contribution in [2.75, 3.05) is 53.9 Å². The summed E-state index contributed by atoms with van der Waals surface area (Å²) in [5, 5.41) is 3.37. The molecular weight excluding hydrogens is 226 g/mol. The van der Waals surface area contributed by atoms with E-state index in [9.17, 15) is 0 Å². The molecule has 0 aromatic heterocycles. The Kier molecular flexibility index (Phi) is 6.57. The van der Waals surface area contributed by atoms with Gasteiger partial charge in [0.05, 0.1) is 5.60 Å². The average molecular weight is 257 g/mol. The number of rotatable bonds is 8. The third kappa shape index (κ3) is 4.84. The van der Waals surface area contributed by atoms with E-state index in [1.54, 1.807) is 7.11 Å². The van der Waals surface area contributed by atoms with E-state index in [-0.39, 0.29) is 5.60 Å². The molecule has 0 radical (unpaired) electrons. The monoisotopic (exact) mass is 257 g/mol. The van der Waals surface area contributed by atoms with Gasteiger partial charge < -0.3 is 19.9 Å². The summed E-state index contributed by atoms with van der Waals surface area (Å²) in [6, 6.07) is 0.353. The van der Waals surface area contributed by atoms with E-state index in [0.29, 0.717) is 6.04 Å². The number of likely N-dealkylation sites (N-methyl/N-ethyl adjacent to an activating group) is 2. The van der Waals surface area contributed by atoms with Crippen LogP contribution in [0, 0.1) is 0 Å². The Hall–Kier alpha value is -0.160. The topological polar surface area (TPSA) is 27.7 Å². The van der Waals surface area contributed by atoms with E-state index in [2.05, 4.69) is 36.0 Å². The molecule has 1 unspecified atom stereocenters. The van der Waals surface area contributed by atoms with Crippen LogP contribution in [0.3, 0.4) is 0 Å². The lowest BCUT2D eigenvalue weighted by Crippen LogP contribution is -2.53. The van der Waals surface area contributed by atoms with Crippen LogP contribution in [0.5, 0.6) is 0 Å². The molecule has 1 aliphatic heterocycles. The lowest BCUT2D eigenvalue weighted by Gasteiger charge is -2.36. The zero-order chi connectivity index (χ0) is 13.6. The standard InChI is InChI=1S/C14H31N3O/c1-14(2,18-5)13(15-3)12-16(4)10-11-17-8-6-7-9-17/h13,15H,6-12H2,1-5H3. The Bertz CT molecular complexity index is 227. The maximum absolute atomic E-state index is 5.57. The molecule has 1 aliphatic rings. The first-order valence-corrected chi connectivity index (χ1v) is 7.13. The van der Waals surface area contributed by atoms with Crippen molar-refractivity contribution < 1.29 is 4.74 Å². The van der Waals surface area contributed by atoms with Gasteiger partial charge in [-0.1, -0.05) is 0 Å². The SMILES string of the molecule is CNC(CN(C)CCN1CCCC1)C(C)(C)OC. The summed E-state index contributed by atoms with van der Waals surface area (Å²) in [7, 11) is 6.00. The second-order valence-corrected chi connectivity index (χ2v) is 5.96. The van der Waals surface area contributed by atoms with Crippen LogP contribution in [0.15, 0.2) is 0 Å². The van der Waals surface area contributed by atoms with Gasteiger partial charge in [0.1, 0.15) is 0 Å². The van der Waals surface area contributed by atoms with Crippen molar-refractivity contribution in [1.29, 1.82) is 0 Å². The van der Waals surface area contributed by atoms with E-state index >= 15 is 0 Å². The largest absolute Gasteiger partial charge is 0.377 e. The van der Waals surface area contributed by atoms with E-state index in [4.69, 9.17) is 4.74 Å². The van der Waals surface area contributed by atoms with Crippen molar-refractivity contribution in [3.05, 3.63) is 0 Å². The molecule has 0 aromatic rings.